The van der Waals surface area contributed by atoms with E-state index >= 15 is 0 Å². The Morgan fingerprint density at radius 2 is 0.788 bits per heavy atom. The maximum atomic E-state index is 5.16. The fourth-order valence-corrected chi connectivity index (χ4v) is 10.00. The van der Waals surface area contributed by atoms with Gasteiger partial charge in [0.25, 0.3) is 0 Å². The number of fused-ring (bicyclic) bond motifs is 7. The van der Waals surface area contributed by atoms with Crippen molar-refractivity contribution < 1.29 is 0 Å². The van der Waals surface area contributed by atoms with Crippen LogP contribution in [0.4, 0.5) is 0 Å². The summed E-state index contributed by atoms with van der Waals surface area (Å²) in [4.78, 5) is 10.2. The minimum absolute atomic E-state index is 0.704. The Morgan fingerprint density at radius 3 is 1.56 bits per heavy atom. The lowest BCUT2D eigenvalue weighted by atomic mass is 9.98. The van der Waals surface area contributed by atoms with E-state index in [4.69, 9.17) is 9.97 Å². The average Bonchev–Trinajstić information content (AvgIpc) is 3.91. The molecule has 0 atom stereocenters. The standard InChI is InChI=1S/C62H40N4/c1-3-16-43(17-4-1)56-40-57(64-62(63-56)44-18-5-2-6-19-44)47-21-13-22-49(37-47)66-59-28-12-10-25-53(59)55-38-45(32-36-60(55)66)46-31-35-54-52-24-9-11-27-58(52)65(61(54)39-46)48-33-29-42(30-34-48)51-26-14-20-41-15-7-8-23-50(41)51/h1-40H. The molecule has 0 N–H and O–H groups in total. The van der Waals surface area contributed by atoms with E-state index in [1.807, 2.05) is 24.3 Å². The molecule has 0 saturated heterocycles. The van der Waals surface area contributed by atoms with Gasteiger partial charge in [-0.25, -0.2) is 9.97 Å². The molecule has 308 valence electrons. The molecule has 0 aliphatic heterocycles. The zero-order chi connectivity index (χ0) is 43.6. The molecule has 0 bridgehead atoms. The van der Waals surface area contributed by atoms with Gasteiger partial charge in [-0.1, -0.05) is 182 Å². The van der Waals surface area contributed by atoms with Gasteiger partial charge >= 0.3 is 0 Å². The lowest BCUT2D eigenvalue weighted by Crippen LogP contribution is -1.97. The zero-order valence-electron chi connectivity index (χ0n) is 35.9. The van der Waals surface area contributed by atoms with Crippen LogP contribution >= 0.6 is 0 Å². The maximum absolute atomic E-state index is 5.16. The van der Waals surface area contributed by atoms with Gasteiger partial charge in [0.05, 0.1) is 33.5 Å². The van der Waals surface area contributed by atoms with E-state index in [1.165, 1.54) is 65.6 Å². The van der Waals surface area contributed by atoms with Crippen molar-refractivity contribution in [3.63, 3.8) is 0 Å². The SMILES string of the molecule is c1ccc(-c2cc(-c3cccc(-n4c5ccccc5c5cc(-c6ccc7c8ccccc8n(-c8ccc(-c9cccc%10ccccc9%10)cc8)c7c6)ccc54)c3)nc(-c3ccccc3)n2)cc1. The van der Waals surface area contributed by atoms with Crippen LogP contribution in [-0.4, -0.2) is 19.1 Å². The molecule has 0 radical (unpaired) electrons. The summed E-state index contributed by atoms with van der Waals surface area (Å²) in [6.45, 7) is 0. The second kappa shape index (κ2) is 15.4. The van der Waals surface area contributed by atoms with Crippen LogP contribution in [0.5, 0.6) is 0 Å². The van der Waals surface area contributed by atoms with Crippen LogP contribution in [0, 0.1) is 0 Å². The average molecular weight is 841 g/mol. The van der Waals surface area contributed by atoms with E-state index in [0.717, 1.165) is 50.5 Å². The first-order chi connectivity index (χ1) is 32.7. The van der Waals surface area contributed by atoms with Gasteiger partial charge in [-0.3, -0.25) is 0 Å². The molecule has 0 aliphatic rings. The normalized spacial score (nSPS) is 11.6. The van der Waals surface area contributed by atoms with Gasteiger partial charge in [0.2, 0.25) is 0 Å². The highest BCUT2D eigenvalue weighted by molar-refractivity contribution is 6.12. The number of benzene rings is 10. The molecule has 3 heterocycles. The highest BCUT2D eigenvalue weighted by atomic mass is 15.0. The Labute approximate surface area is 382 Å². The Hall–Kier alpha value is -8.86. The Kier molecular flexibility index (Phi) is 8.81. The number of nitrogens with zero attached hydrogens (tertiary/aromatic N) is 4. The van der Waals surface area contributed by atoms with Crippen molar-refractivity contribution in [3.05, 3.63) is 243 Å². The van der Waals surface area contributed by atoms with Crippen LogP contribution in [0.2, 0.25) is 0 Å². The van der Waals surface area contributed by atoms with Crippen LogP contribution in [0.3, 0.4) is 0 Å². The zero-order valence-corrected chi connectivity index (χ0v) is 35.9. The molecular formula is C62H40N4. The van der Waals surface area contributed by atoms with Crippen LogP contribution in [-0.2, 0) is 0 Å². The molecule has 4 nitrogen and oxygen atoms in total. The molecule has 13 rings (SSSR count). The number of aromatic nitrogens is 4. The summed E-state index contributed by atoms with van der Waals surface area (Å²) in [5.74, 6) is 0.704. The highest BCUT2D eigenvalue weighted by Gasteiger charge is 2.18. The van der Waals surface area contributed by atoms with Crippen molar-refractivity contribution in [2.75, 3.05) is 0 Å². The number of hydrogen-bond acceptors (Lipinski definition) is 2. The van der Waals surface area contributed by atoms with E-state index in [1.54, 1.807) is 0 Å². The fraction of sp³-hybridized carbons (Fsp3) is 0. The smallest absolute Gasteiger partial charge is 0.160 e. The monoisotopic (exact) mass is 840 g/mol. The summed E-state index contributed by atoms with van der Waals surface area (Å²) in [6.07, 6.45) is 0. The maximum Gasteiger partial charge on any atom is 0.160 e. The number of rotatable bonds is 7. The molecule has 3 aromatic heterocycles. The highest BCUT2D eigenvalue weighted by Crippen LogP contribution is 2.40. The molecule has 13 aromatic rings. The molecule has 0 aliphatic carbocycles. The van der Waals surface area contributed by atoms with E-state index in [0.29, 0.717) is 5.82 Å². The lowest BCUT2D eigenvalue weighted by Gasteiger charge is -2.13. The molecule has 0 fully saturated rings. The Morgan fingerprint density at radius 1 is 0.258 bits per heavy atom. The predicted octanol–water partition coefficient (Wildman–Crippen LogP) is 16.2. The first-order valence-corrected chi connectivity index (χ1v) is 22.5. The van der Waals surface area contributed by atoms with Gasteiger partial charge in [0.15, 0.2) is 5.82 Å². The third kappa shape index (κ3) is 6.30. The Balaban J connectivity index is 0.917. The second-order valence-corrected chi connectivity index (χ2v) is 17.0. The van der Waals surface area contributed by atoms with Crippen LogP contribution in [0.1, 0.15) is 0 Å². The minimum Gasteiger partial charge on any atom is -0.309 e. The van der Waals surface area contributed by atoms with Crippen molar-refractivity contribution in [1.29, 1.82) is 0 Å². The summed E-state index contributed by atoms with van der Waals surface area (Å²) in [6, 6.07) is 87.0. The van der Waals surface area contributed by atoms with Crippen LogP contribution in [0.15, 0.2) is 243 Å². The predicted molar refractivity (Wildman–Crippen MR) is 275 cm³/mol. The van der Waals surface area contributed by atoms with E-state index in [-0.39, 0.29) is 0 Å². The van der Waals surface area contributed by atoms with E-state index in [2.05, 4.69) is 228 Å². The van der Waals surface area contributed by atoms with E-state index < -0.39 is 0 Å². The summed E-state index contributed by atoms with van der Waals surface area (Å²) >= 11 is 0. The molecule has 66 heavy (non-hydrogen) atoms. The van der Waals surface area contributed by atoms with Gasteiger partial charge < -0.3 is 9.13 Å². The molecule has 0 amide bonds. The summed E-state index contributed by atoms with van der Waals surface area (Å²) in [7, 11) is 0. The first kappa shape index (κ1) is 37.7. The third-order valence-electron chi connectivity index (χ3n) is 13.1. The van der Waals surface area contributed by atoms with Crippen LogP contribution in [0.25, 0.3) is 122 Å². The summed E-state index contributed by atoms with van der Waals surface area (Å²) < 4.78 is 4.81. The topological polar surface area (TPSA) is 35.6 Å². The minimum atomic E-state index is 0.704. The van der Waals surface area contributed by atoms with Crippen molar-refractivity contribution in [2.24, 2.45) is 0 Å². The fourth-order valence-electron chi connectivity index (χ4n) is 10.00. The van der Waals surface area contributed by atoms with Crippen molar-refractivity contribution in [2.45, 2.75) is 0 Å². The second-order valence-electron chi connectivity index (χ2n) is 17.0. The van der Waals surface area contributed by atoms with Crippen molar-refractivity contribution in [1.82, 2.24) is 19.1 Å². The number of para-hydroxylation sites is 2. The van der Waals surface area contributed by atoms with Gasteiger partial charge in [-0.2, -0.15) is 0 Å². The van der Waals surface area contributed by atoms with E-state index in [9.17, 15) is 0 Å². The summed E-state index contributed by atoms with van der Waals surface area (Å²) in [5, 5.41) is 7.41. The van der Waals surface area contributed by atoms with Crippen LogP contribution < -0.4 is 0 Å². The van der Waals surface area contributed by atoms with Gasteiger partial charge in [0, 0.05) is 49.6 Å². The van der Waals surface area contributed by atoms with Gasteiger partial charge in [0.1, 0.15) is 0 Å². The molecular weight excluding hydrogens is 801 g/mol. The quantitative estimate of drug-likeness (QED) is 0.160. The molecule has 0 saturated carbocycles. The molecule has 0 spiro atoms. The van der Waals surface area contributed by atoms with Crippen molar-refractivity contribution >= 4 is 54.4 Å². The molecule has 0 unspecified atom stereocenters. The van der Waals surface area contributed by atoms with Gasteiger partial charge in [-0.05, 0) is 93.7 Å². The lowest BCUT2D eigenvalue weighted by molar-refractivity contribution is 1.16. The number of hydrogen-bond donors (Lipinski definition) is 0. The van der Waals surface area contributed by atoms with Crippen molar-refractivity contribution in [3.8, 4) is 67.5 Å². The third-order valence-corrected chi connectivity index (χ3v) is 13.1. The largest absolute Gasteiger partial charge is 0.309 e. The molecule has 10 aromatic carbocycles. The summed E-state index contributed by atoms with van der Waals surface area (Å²) in [5.41, 5.74) is 16.5. The first-order valence-electron chi connectivity index (χ1n) is 22.5. The Bertz CT molecular complexity index is 3910. The van der Waals surface area contributed by atoms with Gasteiger partial charge in [-0.15, -0.1) is 0 Å². The molecule has 4 heteroatoms.